The van der Waals surface area contributed by atoms with Gasteiger partial charge in [0.1, 0.15) is 0 Å². The maximum Gasteiger partial charge on any atom is 0.220 e. The molecule has 1 aliphatic carbocycles. The Labute approximate surface area is 147 Å². The number of rotatable bonds is 5. The summed E-state index contributed by atoms with van der Waals surface area (Å²) in [5.41, 5.74) is 3.11. The van der Waals surface area contributed by atoms with Gasteiger partial charge in [0.2, 0.25) is 5.91 Å². The standard InChI is InChI=1S/C20H20ClNO2/c21-16-10-8-15(9-11-16)19(23)12-13-20(24)22-18-7-3-5-14-4-1-2-6-17(14)18/h1-2,4,6,8-11,18H,3,5,7,12-13H2,(H,22,24). The third-order valence-corrected chi connectivity index (χ3v) is 4.70. The van der Waals surface area contributed by atoms with Gasteiger partial charge in [0, 0.05) is 23.4 Å². The van der Waals surface area contributed by atoms with Gasteiger partial charge >= 0.3 is 0 Å². The van der Waals surface area contributed by atoms with Gasteiger partial charge < -0.3 is 5.32 Å². The Morgan fingerprint density at radius 3 is 2.58 bits per heavy atom. The molecule has 0 fully saturated rings. The van der Waals surface area contributed by atoms with Crippen LogP contribution in [-0.2, 0) is 11.2 Å². The average Bonchev–Trinajstić information content (AvgIpc) is 2.61. The molecule has 0 aromatic heterocycles. The van der Waals surface area contributed by atoms with Gasteiger partial charge in [-0.1, -0.05) is 35.9 Å². The number of halogens is 1. The molecule has 0 saturated carbocycles. The van der Waals surface area contributed by atoms with Crippen LogP contribution in [0.3, 0.4) is 0 Å². The van der Waals surface area contributed by atoms with E-state index in [0.717, 1.165) is 19.3 Å². The molecule has 3 nitrogen and oxygen atoms in total. The molecule has 124 valence electrons. The second-order valence-electron chi connectivity index (χ2n) is 6.14. The first-order valence-electron chi connectivity index (χ1n) is 8.29. The number of benzene rings is 2. The molecule has 0 spiro atoms. The van der Waals surface area contributed by atoms with Crippen molar-refractivity contribution in [2.24, 2.45) is 0 Å². The fraction of sp³-hybridized carbons (Fsp3) is 0.300. The van der Waals surface area contributed by atoms with Crippen molar-refractivity contribution in [3.63, 3.8) is 0 Å². The summed E-state index contributed by atoms with van der Waals surface area (Å²) in [5.74, 6) is -0.107. The van der Waals surface area contributed by atoms with Crippen molar-refractivity contribution in [3.05, 3.63) is 70.2 Å². The van der Waals surface area contributed by atoms with Crippen molar-refractivity contribution in [2.45, 2.75) is 38.1 Å². The van der Waals surface area contributed by atoms with E-state index in [4.69, 9.17) is 11.6 Å². The van der Waals surface area contributed by atoms with Gasteiger partial charge in [-0.3, -0.25) is 9.59 Å². The minimum atomic E-state index is -0.0704. The second-order valence-corrected chi connectivity index (χ2v) is 6.58. The Morgan fingerprint density at radius 2 is 1.79 bits per heavy atom. The zero-order chi connectivity index (χ0) is 16.9. The van der Waals surface area contributed by atoms with Gasteiger partial charge in [-0.15, -0.1) is 0 Å². The lowest BCUT2D eigenvalue weighted by molar-refractivity contribution is -0.121. The van der Waals surface area contributed by atoms with E-state index in [0.29, 0.717) is 10.6 Å². The molecule has 0 heterocycles. The molecule has 0 bridgehead atoms. The van der Waals surface area contributed by atoms with E-state index in [2.05, 4.69) is 17.4 Å². The van der Waals surface area contributed by atoms with Crippen LogP contribution in [0.4, 0.5) is 0 Å². The summed E-state index contributed by atoms with van der Waals surface area (Å²) in [6.07, 6.45) is 3.51. The highest BCUT2D eigenvalue weighted by molar-refractivity contribution is 6.30. The number of ketones is 1. The molecule has 0 radical (unpaired) electrons. The first-order chi connectivity index (χ1) is 11.6. The lowest BCUT2D eigenvalue weighted by Gasteiger charge is -2.26. The van der Waals surface area contributed by atoms with E-state index in [1.807, 2.05) is 12.1 Å². The smallest absolute Gasteiger partial charge is 0.220 e. The van der Waals surface area contributed by atoms with Crippen molar-refractivity contribution in [2.75, 3.05) is 0 Å². The number of hydrogen-bond acceptors (Lipinski definition) is 2. The van der Waals surface area contributed by atoms with E-state index in [9.17, 15) is 9.59 Å². The van der Waals surface area contributed by atoms with Crippen LogP contribution < -0.4 is 5.32 Å². The number of aryl methyl sites for hydroxylation is 1. The van der Waals surface area contributed by atoms with Gasteiger partial charge in [-0.05, 0) is 54.7 Å². The summed E-state index contributed by atoms with van der Waals surface area (Å²) in [6.45, 7) is 0. The van der Waals surface area contributed by atoms with E-state index in [1.165, 1.54) is 11.1 Å². The molecule has 0 saturated heterocycles. The maximum absolute atomic E-state index is 12.2. The number of fused-ring (bicyclic) bond motifs is 1. The zero-order valence-corrected chi connectivity index (χ0v) is 14.2. The van der Waals surface area contributed by atoms with E-state index in [1.54, 1.807) is 24.3 Å². The predicted octanol–water partition coefficient (Wildman–Crippen LogP) is 4.50. The van der Waals surface area contributed by atoms with E-state index < -0.39 is 0 Å². The molecule has 1 N–H and O–H groups in total. The predicted molar refractivity (Wildman–Crippen MR) is 95.3 cm³/mol. The van der Waals surface area contributed by atoms with Crippen LogP contribution in [0.25, 0.3) is 0 Å². The fourth-order valence-electron chi connectivity index (χ4n) is 3.18. The third-order valence-electron chi connectivity index (χ3n) is 4.45. The van der Waals surface area contributed by atoms with Crippen LogP contribution in [0.15, 0.2) is 48.5 Å². The highest BCUT2D eigenvalue weighted by Gasteiger charge is 2.21. The molecule has 2 aromatic carbocycles. The van der Waals surface area contributed by atoms with Crippen LogP contribution in [0.5, 0.6) is 0 Å². The van der Waals surface area contributed by atoms with Crippen molar-refractivity contribution in [3.8, 4) is 0 Å². The first-order valence-corrected chi connectivity index (χ1v) is 8.67. The molecule has 1 atom stereocenters. The van der Waals surface area contributed by atoms with Gasteiger partial charge in [0.05, 0.1) is 6.04 Å². The number of amides is 1. The second kappa shape index (κ2) is 7.63. The fourth-order valence-corrected chi connectivity index (χ4v) is 3.30. The SMILES string of the molecule is O=C(CCC(=O)c1ccc(Cl)cc1)NC1CCCc2ccccc21. The third kappa shape index (κ3) is 4.04. The molecule has 2 aromatic rings. The Balaban J connectivity index is 1.55. The molecule has 3 rings (SSSR count). The lowest BCUT2D eigenvalue weighted by atomic mass is 9.87. The summed E-state index contributed by atoms with van der Waals surface area (Å²) in [4.78, 5) is 24.4. The maximum atomic E-state index is 12.2. The number of Topliss-reactive ketones (excluding diaryl/α,β-unsaturated/α-hetero) is 1. The lowest BCUT2D eigenvalue weighted by Crippen LogP contribution is -2.31. The van der Waals surface area contributed by atoms with Crippen molar-refractivity contribution < 1.29 is 9.59 Å². The summed E-state index contributed by atoms with van der Waals surface area (Å²) in [7, 11) is 0. The number of carbonyl (C=O) groups excluding carboxylic acids is 2. The number of hydrogen-bond donors (Lipinski definition) is 1. The van der Waals surface area contributed by atoms with Crippen LogP contribution in [0.1, 0.15) is 53.2 Å². The molecule has 1 amide bonds. The van der Waals surface area contributed by atoms with Gasteiger partial charge in [-0.2, -0.15) is 0 Å². The van der Waals surface area contributed by atoms with Crippen molar-refractivity contribution in [1.29, 1.82) is 0 Å². The first kappa shape index (κ1) is 16.7. The minimum Gasteiger partial charge on any atom is -0.349 e. The van der Waals surface area contributed by atoms with Crippen molar-refractivity contribution >= 4 is 23.3 Å². The average molecular weight is 342 g/mol. The van der Waals surface area contributed by atoms with Crippen LogP contribution >= 0.6 is 11.6 Å². The van der Waals surface area contributed by atoms with E-state index >= 15 is 0 Å². The highest BCUT2D eigenvalue weighted by atomic mass is 35.5. The highest BCUT2D eigenvalue weighted by Crippen LogP contribution is 2.29. The largest absolute Gasteiger partial charge is 0.349 e. The summed E-state index contributed by atoms with van der Waals surface area (Å²) in [6, 6.07) is 15.1. The Morgan fingerprint density at radius 1 is 1.04 bits per heavy atom. The van der Waals surface area contributed by atoms with Crippen LogP contribution in [-0.4, -0.2) is 11.7 Å². The summed E-state index contributed by atoms with van der Waals surface area (Å²) in [5, 5.41) is 3.68. The topological polar surface area (TPSA) is 46.2 Å². The summed E-state index contributed by atoms with van der Waals surface area (Å²) >= 11 is 5.82. The Bertz CT molecular complexity index is 740. The monoisotopic (exact) mass is 341 g/mol. The zero-order valence-electron chi connectivity index (χ0n) is 13.4. The molecule has 1 aliphatic rings. The van der Waals surface area contributed by atoms with Gasteiger partial charge in [0.15, 0.2) is 5.78 Å². The molecule has 4 heteroatoms. The number of carbonyl (C=O) groups is 2. The van der Waals surface area contributed by atoms with Crippen molar-refractivity contribution in [1.82, 2.24) is 5.32 Å². The molecular weight excluding hydrogens is 322 g/mol. The van der Waals surface area contributed by atoms with E-state index in [-0.39, 0.29) is 30.6 Å². The molecule has 1 unspecified atom stereocenters. The Kier molecular flexibility index (Phi) is 5.31. The molecule has 24 heavy (non-hydrogen) atoms. The molecule has 0 aliphatic heterocycles. The number of nitrogens with one attached hydrogen (secondary N) is 1. The van der Waals surface area contributed by atoms with Crippen LogP contribution in [0.2, 0.25) is 5.02 Å². The Hall–Kier alpha value is -2.13. The normalized spacial score (nSPS) is 16.3. The molecular formula is C20H20ClNO2. The van der Waals surface area contributed by atoms with Gasteiger partial charge in [-0.25, -0.2) is 0 Å². The minimum absolute atomic E-state index is 0.0362. The summed E-state index contributed by atoms with van der Waals surface area (Å²) < 4.78 is 0. The quantitative estimate of drug-likeness (QED) is 0.814. The van der Waals surface area contributed by atoms with Gasteiger partial charge in [0.25, 0.3) is 0 Å². The van der Waals surface area contributed by atoms with Crippen LogP contribution in [0, 0.1) is 0 Å².